The van der Waals surface area contributed by atoms with Crippen LogP contribution >= 0.6 is 22.9 Å². The van der Waals surface area contributed by atoms with Gasteiger partial charge >= 0.3 is 11.9 Å². The van der Waals surface area contributed by atoms with Crippen LogP contribution in [0.3, 0.4) is 0 Å². The summed E-state index contributed by atoms with van der Waals surface area (Å²) >= 11 is 7.06. The fourth-order valence-electron chi connectivity index (χ4n) is 3.41. The van der Waals surface area contributed by atoms with Crippen LogP contribution in [0, 0.1) is 16.0 Å². The van der Waals surface area contributed by atoms with Gasteiger partial charge in [0, 0.05) is 10.9 Å². The van der Waals surface area contributed by atoms with Crippen LogP contribution in [-0.2, 0) is 27.1 Å². The molecule has 170 valence electrons. The third-order valence-electron chi connectivity index (χ3n) is 4.96. The number of benzene rings is 1. The summed E-state index contributed by atoms with van der Waals surface area (Å²) in [6, 6.07) is 3.46. The van der Waals surface area contributed by atoms with E-state index in [1.807, 2.05) is 0 Å². The number of amides is 1. The Morgan fingerprint density at radius 2 is 2.03 bits per heavy atom. The van der Waals surface area contributed by atoms with Crippen molar-refractivity contribution in [3.63, 3.8) is 0 Å². The van der Waals surface area contributed by atoms with E-state index in [1.54, 1.807) is 6.92 Å². The topological polar surface area (TPSA) is 125 Å². The van der Waals surface area contributed by atoms with Crippen molar-refractivity contribution in [1.29, 1.82) is 0 Å². The molecular weight excluding hydrogens is 460 g/mol. The van der Waals surface area contributed by atoms with E-state index in [0.717, 1.165) is 35.8 Å². The Morgan fingerprint density at radius 1 is 1.28 bits per heavy atom. The van der Waals surface area contributed by atoms with E-state index >= 15 is 0 Å². The number of nitro groups is 1. The highest BCUT2D eigenvalue weighted by atomic mass is 35.5. The van der Waals surface area contributed by atoms with E-state index in [2.05, 4.69) is 12.2 Å². The summed E-state index contributed by atoms with van der Waals surface area (Å²) < 4.78 is 10.1. The van der Waals surface area contributed by atoms with Gasteiger partial charge in [0.05, 0.1) is 22.7 Å². The van der Waals surface area contributed by atoms with Gasteiger partial charge in [0.1, 0.15) is 10.0 Å². The minimum Gasteiger partial charge on any atom is -0.462 e. The van der Waals surface area contributed by atoms with Gasteiger partial charge in [-0.05, 0) is 49.8 Å². The van der Waals surface area contributed by atoms with Crippen molar-refractivity contribution < 1.29 is 28.8 Å². The van der Waals surface area contributed by atoms with Crippen molar-refractivity contribution in [2.24, 2.45) is 5.92 Å². The normalized spacial score (nSPS) is 14.9. The Morgan fingerprint density at radius 3 is 2.72 bits per heavy atom. The summed E-state index contributed by atoms with van der Waals surface area (Å²) in [7, 11) is 0. The van der Waals surface area contributed by atoms with Crippen molar-refractivity contribution in [3.05, 3.63) is 54.9 Å². The lowest BCUT2D eigenvalue weighted by molar-refractivity contribution is -0.384. The number of nitro benzene ring substituents is 1. The molecule has 1 heterocycles. The second-order valence-electron chi connectivity index (χ2n) is 7.32. The van der Waals surface area contributed by atoms with Crippen LogP contribution < -0.4 is 5.32 Å². The Kier molecular flexibility index (Phi) is 7.47. The van der Waals surface area contributed by atoms with Crippen molar-refractivity contribution in [2.75, 3.05) is 18.5 Å². The third-order valence-corrected chi connectivity index (χ3v) is 6.45. The van der Waals surface area contributed by atoms with E-state index in [0.29, 0.717) is 16.5 Å². The number of anilines is 1. The third kappa shape index (κ3) is 5.25. The molecular formula is C21H21ClN2O7S. The maximum atomic E-state index is 12.5. The largest absolute Gasteiger partial charge is 0.462 e. The van der Waals surface area contributed by atoms with Gasteiger partial charge in [0.15, 0.2) is 6.61 Å². The monoisotopic (exact) mass is 480 g/mol. The predicted octanol–water partition coefficient (Wildman–Crippen LogP) is 4.41. The van der Waals surface area contributed by atoms with E-state index in [9.17, 15) is 24.5 Å². The van der Waals surface area contributed by atoms with Gasteiger partial charge in [0.2, 0.25) is 0 Å². The van der Waals surface area contributed by atoms with E-state index in [1.165, 1.54) is 23.5 Å². The Labute approximate surface area is 192 Å². The summed E-state index contributed by atoms with van der Waals surface area (Å²) in [5.74, 6) is -1.58. The average molecular weight is 481 g/mol. The minimum absolute atomic E-state index is 0.110. The molecule has 1 unspecified atom stereocenters. The zero-order valence-corrected chi connectivity index (χ0v) is 19.0. The molecule has 1 atom stereocenters. The highest BCUT2D eigenvalue weighted by Crippen LogP contribution is 2.40. The lowest BCUT2D eigenvalue weighted by Crippen LogP contribution is -2.22. The summed E-state index contributed by atoms with van der Waals surface area (Å²) in [5, 5.41) is 13.9. The molecule has 1 aliphatic carbocycles. The number of fused-ring (bicyclic) bond motifs is 1. The molecule has 1 N–H and O–H groups in total. The van der Waals surface area contributed by atoms with Crippen molar-refractivity contribution in [1.82, 2.24) is 0 Å². The first-order valence-electron chi connectivity index (χ1n) is 9.93. The number of ether oxygens (including phenoxy) is 2. The number of hydrogen-bond donors (Lipinski definition) is 1. The molecule has 1 amide bonds. The zero-order valence-electron chi connectivity index (χ0n) is 17.4. The molecule has 0 spiro atoms. The van der Waals surface area contributed by atoms with Crippen molar-refractivity contribution >= 4 is 51.5 Å². The molecule has 1 aromatic heterocycles. The molecule has 1 aliphatic rings. The van der Waals surface area contributed by atoms with Gasteiger partial charge in [0.25, 0.3) is 11.6 Å². The van der Waals surface area contributed by atoms with Crippen LogP contribution in [0.25, 0.3) is 0 Å². The maximum absolute atomic E-state index is 12.5. The molecule has 0 aliphatic heterocycles. The molecule has 0 fully saturated rings. The van der Waals surface area contributed by atoms with Crippen LogP contribution in [0.1, 0.15) is 51.4 Å². The number of hydrogen-bond acceptors (Lipinski definition) is 8. The zero-order chi connectivity index (χ0) is 23.4. The molecule has 0 radical (unpaired) electrons. The van der Waals surface area contributed by atoms with Gasteiger partial charge in [-0.1, -0.05) is 18.5 Å². The SMILES string of the molecule is CCOC(=O)c1c(NC(=O)COC(=O)c2ccc(Cl)c([N+](=O)[O-])c2)sc2c1CCC(C)C2. The van der Waals surface area contributed by atoms with Crippen LogP contribution in [0.4, 0.5) is 10.7 Å². The molecule has 11 heteroatoms. The highest BCUT2D eigenvalue weighted by molar-refractivity contribution is 7.17. The van der Waals surface area contributed by atoms with Crippen molar-refractivity contribution in [3.8, 4) is 0 Å². The first kappa shape index (κ1) is 23.7. The molecule has 1 aromatic carbocycles. The second kappa shape index (κ2) is 10.1. The van der Waals surface area contributed by atoms with Gasteiger partial charge in [-0.15, -0.1) is 11.3 Å². The lowest BCUT2D eigenvalue weighted by atomic mass is 9.88. The highest BCUT2D eigenvalue weighted by Gasteiger charge is 2.29. The summed E-state index contributed by atoms with van der Waals surface area (Å²) in [6.07, 6.45) is 2.47. The Balaban J connectivity index is 1.71. The lowest BCUT2D eigenvalue weighted by Gasteiger charge is -2.18. The number of rotatable bonds is 7. The summed E-state index contributed by atoms with van der Waals surface area (Å²) in [4.78, 5) is 48.4. The summed E-state index contributed by atoms with van der Waals surface area (Å²) in [6.45, 7) is 3.41. The van der Waals surface area contributed by atoms with Crippen LogP contribution in [-0.4, -0.2) is 36.0 Å². The number of esters is 2. The Hall–Kier alpha value is -2.98. The van der Waals surface area contributed by atoms with Crippen LogP contribution in [0.15, 0.2) is 18.2 Å². The smallest absolute Gasteiger partial charge is 0.341 e. The molecule has 2 aromatic rings. The fourth-order valence-corrected chi connectivity index (χ4v) is 5.02. The minimum atomic E-state index is -0.912. The number of nitrogens with one attached hydrogen (secondary N) is 1. The van der Waals surface area contributed by atoms with Crippen LogP contribution in [0.5, 0.6) is 0 Å². The first-order valence-corrected chi connectivity index (χ1v) is 11.1. The molecule has 0 bridgehead atoms. The maximum Gasteiger partial charge on any atom is 0.341 e. The predicted molar refractivity (Wildman–Crippen MR) is 118 cm³/mol. The van der Waals surface area contributed by atoms with Gasteiger partial charge in [-0.3, -0.25) is 14.9 Å². The molecule has 9 nitrogen and oxygen atoms in total. The van der Waals surface area contributed by atoms with E-state index in [-0.39, 0.29) is 17.2 Å². The van der Waals surface area contributed by atoms with Gasteiger partial charge in [-0.2, -0.15) is 0 Å². The standard InChI is InChI=1S/C21H21ClN2O7S/c1-3-30-21(27)18-13-6-4-11(2)8-16(13)32-19(18)23-17(25)10-31-20(26)12-5-7-14(22)15(9-12)24(28)29/h5,7,9,11H,3-4,6,8,10H2,1-2H3,(H,23,25). The average Bonchev–Trinajstić information content (AvgIpc) is 3.09. The molecule has 0 saturated carbocycles. The summed E-state index contributed by atoms with van der Waals surface area (Å²) in [5.41, 5.74) is 0.698. The Bertz CT molecular complexity index is 1080. The van der Waals surface area contributed by atoms with Crippen LogP contribution in [0.2, 0.25) is 5.02 Å². The first-order chi connectivity index (χ1) is 15.2. The quantitative estimate of drug-likeness (QED) is 0.353. The second-order valence-corrected chi connectivity index (χ2v) is 8.84. The van der Waals surface area contributed by atoms with E-state index in [4.69, 9.17) is 21.1 Å². The number of nitrogens with zero attached hydrogens (tertiary/aromatic N) is 1. The molecule has 3 rings (SSSR count). The van der Waals surface area contributed by atoms with E-state index < -0.39 is 35.1 Å². The molecule has 32 heavy (non-hydrogen) atoms. The molecule has 0 saturated heterocycles. The number of carbonyl (C=O) groups excluding carboxylic acids is 3. The number of halogens is 1. The van der Waals surface area contributed by atoms with Crippen molar-refractivity contribution in [2.45, 2.75) is 33.1 Å². The fraction of sp³-hybridized carbons (Fsp3) is 0.381. The number of carbonyl (C=O) groups is 3. The van der Waals surface area contributed by atoms with Gasteiger partial charge in [-0.25, -0.2) is 9.59 Å². The van der Waals surface area contributed by atoms with Gasteiger partial charge < -0.3 is 14.8 Å². The number of thiophene rings is 1.